The SMILES string of the molecule is CCN(Cc1ccccc1Cl)C(=O)CC(C)C1CCNCC1. The van der Waals surface area contributed by atoms with E-state index in [1.807, 2.05) is 36.1 Å². The first-order chi connectivity index (χ1) is 10.6. The number of nitrogens with one attached hydrogen (secondary N) is 1. The van der Waals surface area contributed by atoms with E-state index in [4.69, 9.17) is 11.6 Å². The van der Waals surface area contributed by atoms with Crippen molar-refractivity contribution in [1.82, 2.24) is 10.2 Å². The van der Waals surface area contributed by atoms with Crippen LogP contribution in [0, 0.1) is 11.8 Å². The van der Waals surface area contributed by atoms with Crippen LogP contribution in [-0.2, 0) is 11.3 Å². The van der Waals surface area contributed by atoms with Crippen LogP contribution in [0.25, 0.3) is 0 Å². The molecular formula is C18H27ClN2O. The van der Waals surface area contributed by atoms with Gasteiger partial charge in [0.05, 0.1) is 0 Å². The third-order valence-electron chi connectivity index (χ3n) is 4.74. The summed E-state index contributed by atoms with van der Waals surface area (Å²) in [7, 11) is 0. The van der Waals surface area contributed by atoms with Gasteiger partial charge in [0, 0.05) is 24.5 Å². The van der Waals surface area contributed by atoms with E-state index in [-0.39, 0.29) is 5.91 Å². The highest BCUT2D eigenvalue weighted by molar-refractivity contribution is 6.31. The zero-order valence-corrected chi connectivity index (χ0v) is 14.4. The standard InChI is InChI=1S/C18H27ClN2O/c1-3-21(13-16-6-4-5-7-17(16)19)18(22)12-14(2)15-8-10-20-11-9-15/h4-7,14-15,20H,3,8-13H2,1-2H3. The van der Waals surface area contributed by atoms with Crippen molar-refractivity contribution in [2.45, 2.75) is 39.7 Å². The molecule has 1 saturated heterocycles. The van der Waals surface area contributed by atoms with Crippen molar-refractivity contribution in [3.63, 3.8) is 0 Å². The maximum absolute atomic E-state index is 12.6. The second kappa shape index (κ2) is 8.54. The lowest BCUT2D eigenvalue weighted by molar-refractivity contribution is -0.133. The fourth-order valence-electron chi connectivity index (χ4n) is 3.19. The topological polar surface area (TPSA) is 32.3 Å². The van der Waals surface area contributed by atoms with Crippen LogP contribution in [0.15, 0.2) is 24.3 Å². The molecule has 1 aliphatic rings. The lowest BCUT2D eigenvalue weighted by Crippen LogP contribution is -2.35. The predicted molar refractivity (Wildman–Crippen MR) is 91.9 cm³/mol. The normalized spacial score (nSPS) is 17.2. The van der Waals surface area contributed by atoms with Crippen LogP contribution < -0.4 is 5.32 Å². The minimum Gasteiger partial charge on any atom is -0.339 e. The van der Waals surface area contributed by atoms with Gasteiger partial charge in [-0.2, -0.15) is 0 Å². The average Bonchev–Trinajstić information content (AvgIpc) is 2.54. The lowest BCUT2D eigenvalue weighted by atomic mass is 9.84. The predicted octanol–water partition coefficient (Wildman–Crippen LogP) is 3.71. The number of nitrogens with zero attached hydrogens (tertiary/aromatic N) is 1. The fourth-order valence-corrected chi connectivity index (χ4v) is 3.39. The summed E-state index contributed by atoms with van der Waals surface area (Å²) in [4.78, 5) is 14.5. The molecule has 22 heavy (non-hydrogen) atoms. The lowest BCUT2D eigenvalue weighted by Gasteiger charge is -2.30. The van der Waals surface area contributed by atoms with Crippen molar-refractivity contribution < 1.29 is 4.79 Å². The van der Waals surface area contributed by atoms with E-state index in [9.17, 15) is 4.79 Å². The molecule has 1 fully saturated rings. The molecule has 1 unspecified atom stereocenters. The molecule has 1 aromatic rings. The van der Waals surface area contributed by atoms with Gasteiger partial charge in [0.25, 0.3) is 0 Å². The quantitative estimate of drug-likeness (QED) is 0.865. The summed E-state index contributed by atoms with van der Waals surface area (Å²) < 4.78 is 0. The molecule has 0 aromatic heterocycles. The van der Waals surface area contributed by atoms with Gasteiger partial charge in [-0.3, -0.25) is 4.79 Å². The number of hydrogen-bond donors (Lipinski definition) is 1. The van der Waals surface area contributed by atoms with Crippen molar-refractivity contribution in [3.8, 4) is 0 Å². The van der Waals surface area contributed by atoms with Crippen LogP contribution in [0.2, 0.25) is 5.02 Å². The van der Waals surface area contributed by atoms with E-state index in [1.165, 1.54) is 12.8 Å². The van der Waals surface area contributed by atoms with Gasteiger partial charge in [0.2, 0.25) is 5.91 Å². The number of rotatable bonds is 6. The minimum atomic E-state index is 0.244. The molecule has 0 radical (unpaired) electrons. The largest absolute Gasteiger partial charge is 0.339 e. The van der Waals surface area contributed by atoms with Crippen molar-refractivity contribution >= 4 is 17.5 Å². The Morgan fingerprint density at radius 3 is 2.68 bits per heavy atom. The summed E-state index contributed by atoms with van der Waals surface area (Å²) in [5.41, 5.74) is 1.02. The van der Waals surface area contributed by atoms with Crippen LogP contribution in [0.5, 0.6) is 0 Å². The molecule has 1 aliphatic heterocycles. The molecule has 2 rings (SSSR count). The van der Waals surface area contributed by atoms with E-state index in [1.54, 1.807) is 0 Å². The van der Waals surface area contributed by atoms with Gasteiger partial charge < -0.3 is 10.2 Å². The first-order valence-electron chi connectivity index (χ1n) is 8.33. The zero-order chi connectivity index (χ0) is 15.9. The Morgan fingerprint density at radius 2 is 2.05 bits per heavy atom. The molecule has 0 spiro atoms. The van der Waals surface area contributed by atoms with Gasteiger partial charge in [-0.15, -0.1) is 0 Å². The summed E-state index contributed by atoms with van der Waals surface area (Å²) >= 11 is 6.21. The smallest absolute Gasteiger partial charge is 0.223 e. The van der Waals surface area contributed by atoms with E-state index in [0.717, 1.165) is 30.2 Å². The summed E-state index contributed by atoms with van der Waals surface area (Å²) in [5, 5.41) is 4.12. The van der Waals surface area contributed by atoms with Crippen molar-refractivity contribution in [2.75, 3.05) is 19.6 Å². The summed E-state index contributed by atoms with van der Waals surface area (Å²) in [6, 6.07) is 7.77. The van der Waals surface area contributed by atoms with Gasteiger partial charge in [-0.05, 0) is 56.3 Å². The van der Waals surface area contributed by atoms with Crippen LogP contribution in [0.4, 0.5) is 0 Å². The van der Waals surface area contributed by atoms with Gasteiger partial charge >= 0.3 is 0 Å². The zero-order valence-electron chi connectivity index (χ0n) is 13.6. The minimum absolute atomic E-state index is 0.244. The molecule has 1 heterocycles. The number of benzene rings is 1. The molecule has 122 valence electrons. The molecule has 0 bridgehead atoms. The second-order valence-corrected chi connectivity index (χ2v) is 6.68. The molecule has 1 N–H and O–H groups in total. The Balaban J connectivity index is 1.92. The molecular weight excluding hydrogens is 296 g/mol. The van der Waals surface area contributed by atoms with Crippen LogP contribution in [-0.4, -0.2) is 30.4 Å². The first-order valence-corrected chi connectivity index (χ1v) is 8.71. The van der Waals surface area contributed by atoms with Gasteiger partial charge in [0.15, 0.2) is 0 Å². The highest BCUT2D eigenvalue weighted by Gasteiger charge is 2.24. The van der Waals surface area contributed by atoms with Crippen molar-refractivity contribution in [3.05, 3.63) is 34.9 Å². The van der Waals surface area contributed by atoms with Gasteiger partial charge in [0.1, 0.15) is 0 Å². The number of halogens is 1. The van der Waals surface area contributed by atoms with Crippen molar-refractivity contribution in [2.24, 2.45) is 11.8 Å². The van der Waals surface area contributed by atoms with E-state index in [2.05, 4.69) is 12.2 Å². The molecule has 4 heteroatoms. The molecule has 3 nitrogen and oxygen atoms in total. The summed E-state index contributed by atoms with van der Waals surface area (Å²) in [5.74, 6) is 1.37. The second-order valence-electron chi connectivity index (χ2n) is 6.27. The Morgan fingerprint density at radius 1 is 1.36 bits per heavy atom. The number of piperidine rings is 1. The Hall–Kier alpha value is -1.06. The van der Waals surface area contributed by atoms with E-state index in [0.29, 0.717) is 24.8 Å². The third-order valence-corrected chi connectivity index (χ3v) is 5.11. The third kappa shape index (κ3) is 4.72. The summed E-state index contributed by atoms with van der Waals surface area (Å²) in [6.45, 7) is 7.75. The van der Waals surface area contributed by atoms with Crippen molar-refractivity contribution in [1.29, 1.82) is 0 Å². The maximum Gasteiger partial charge on any atom is 0.223 e. The van der Waals surface area contributed by atoms with Crippen LogP contribution in [0.3, 0.4) is 0 Å². The molecule has 1 aromatic carbocycles. The Bertz CT molecular complexity index is 486. The van der Waals surface area contributed by atoms with Gasteiger partial charge in [-0.25, -0.2) is 0 Å². The molecule has 1 amide bonds. The van der Waals surface area contributed by atoms with Gasteiger partial charge in [-0.1, -0.05) is 36.7 Å². The molecule has 0 aliphatic carbocycles. The number of hydrogen-bond acceptors (Lipinski definition) is 2. The Labute approximate surface area is 139 Å². The number of carbonyl (C=O) groups is 1. The first kappa shape index (κ1) is 17.3. The van der Waals surface area contributed by atoms with Crippen LogP contribution >= 0.6 is 11.6 Å². The van der Waals surface area contributed by atoms with E-state index < -0.39 is 0 Å². The average molecular weight is 323 g/mol. The highest BCUT2D eigenvalue weighted by atomic mass is 35.5. The van der Waals surface area contributed by atoms with E-state index >= 15 is 0 Å². The fraction of sp³-hybridized carbons (Fsp3) is 0.611. The highest BCUT2D eigenvalue weighted by Crippen LogP contribution is 2.25. The van der Waals surface area contributed by atoms with Crippen LogP contribution in [0.1, 0.15) is 38.7 Å². The molecule has 0 saturated carbocycles. The monoisotopic (exact) mass is 322 g/mol. The molecule has 1 atom stereocenters. The maximum atomic E-state index is 12.6. The summed E-state index contributed by atoms with van der Waals surface area (Å²) in [6.07, 6.45) is 3.01. The Kier molecular flexibility index (Phi) is 6.71. The number of carbonyl (C=O) groups excluding carboxylic acids is 1. The number of amides is 1.